The largest absolute Gasteiger partial charge is 0.393 e. The lowest BCUT2D eigenvalue weighted by Gasteiger charge is -2.38. The predicted octanol–water partition coefficient (Wildman–Crippen LogP) is 2.24. The van der Waals surface area contributed by atoms with Crippen LogP contribution < -0.4 is 11.1 Å². The lowest BCUT2D eigenvalue weighted by Crippen LogP contribution is -2.40. The summed E-state index contributed by atoms with van der Waals surface area (Å²) in [5.41, 5.74) is 6.20. The predicted molar refractivity (Wildman–Crippen MR) is 87.1 cm³/mol. The maximum absolute atomic E-state index is 11.2. The fourth-order valence-electron chi connectivity index (χ4n) is 3.69. The van der Waals surface area contributed by atoms with Crippen LogP contribution in [0, 0.1) is 11.3 Å². The number of carbonyl (C=O) groups is 1. The van der Waals surface area contributed by atoms with Crippen molar-refractivity contribution in [3.8, 4) is 0 Å². The summed E-state index contributed by atoms with van der Waals surface area (Å²) in [6.07, 6.45) is 6.06. The van der Waals surface area contributed by atoms with E-state index in [-0.39, 0.29) is 23.3 Å². The van der Waals surface area contributed by atoms with Gasteiger partial charge < -0.3 is 21.0 Å². The normalized spacial score (nSPS) is 28.4. The van der Waals surface area contributed by atoms with Gasteiger partial charge in [0.05, 0.1) is 6.10 Å². The van der Waals surface area contributed by atoms with Crippen molar-refractivity contribution in [3.63, 3.8) is 0 Å². The fourth-order valence-corrected chi connectivity index (χ4v) is 3.69. The van der Waals surface area contributed by atoms with Crippen molar-refractivity contribution in [2.24, 2.45) is 17.1 Å². The van der Waals surface area contributed by atoms with Crippen LogP contribution in [-0.2, 0) is 4.79 Å². The summed E-state index contributed by atoms with van der Waals surface area (Å²) in [6, 6.07) is 0.602. The molecule has 1 rings (SSSR count). The van der Waals surface area contributed by atoms with Crippen molar-refractivity contribution in [3.05, 3.63) is 0 Å². The maximum atomic E-state index is 11.2. The molecule has 1 saturated carbocycles. The molecule has 4 nitrogen and oxygen atoms in total. The van der Waals surface area contributed by atoms with E-state index in [0.29, 0.717) is 18.4 Å². The highest BCUT2D eigenvalue weighted by Crippen LogP contribution is 2.37. The number of aliphatic hydroxyl groups excluding tert-OH is 1. The Balaban J connectivity index is 2.52. The molecule has 1 aliphatic carbocycles. The average Bonchev–Trinajstić information content (AvgIpc) is 2.38. The number of aliphatic hydroxyl groups is 1. The molecular formula is C17H34N2O2. The van der Waals surface area contributed by atoms with Crippen LogP contribution in [0.4, 0.5) is 0 Å². The molecule has 0 saturated heterocycles. The first-order chi connectivity index (χ1) is 9.73. The third-order valence-corrected chi connectivity index (χ3v) is 4.85. The molecule has 0 aromatic carbocycles. The van der Waals surface area contributed by atoms with Gasteiger partial charge in [0.25, 0.3) is 0 Å². The molecule has 0 bridgehead atoms. The first-order valence-electron chi connectivity index (χ1n) is 8.34. The van der Waals surface area contributed by atoms with Gasteiger partial charge in [0, 0.05) is 18.5 Å². The Hall–Kier alpha value is -0.450. The molecular weight excluding hydrogens is 264 g/mol. The van der Waals surface area contributed by atoms with E-state index in [2.05, 4.69) is 19.2 Å². The van der Waals surface area contributed by atoms with Gasteiger partial charge in [-0.25, -0.2) is 0 Å². The van der Waals surface area contributed by atoms with Gasteiger partial charge in [-0.15, -0.1) is 0 Å². The maximum Gasteiger partial charge on any atom is 0.129 e. The fraction of sp³-hybridized carbons (Fsp3) is 0.941. The molecule has 0 aromatic heterocycles. The number of nitrogens with two attached hydrogens (primary N) is 1. The van der Waals surface area contributed by atoms with Gasteiger partial charge in [-0.2, -0.15) is 0 Å². The average molecular weight is 298 g/mol. The van der Waals surface area contributed by atoms with Gasteiger partial charge in [-0.05, 0) is 63.8 Å². The van der Waals surface area contributed by atoms with Crippen LogP contribution in [-0.4, -0.2) is 36.1 Å². The molecule has 4 unspecified atom stereocenters. The van der Waals surface area contributed by atoms with Crippen LogP contribution >= 0.6 is 0 Å². The second-order valence-corrected chi connectivity index (χ2v) is 7.70. The molecule has 4 heteroatoms. The Morgan fingerprint density at radius 2 is 2.10 bits per heavy atom. The van der Waals surface area contributed by atoms with E-state index in [1.165, 1.54) is 0 Å². The second-order valence-electron chi connectivity index (χ2n) is 7.70. The monoisotopic (exact) mass is 298 g/mol. The lowest BCUT2D eigenvalue weighted by molar-refractivity contribution is -0.117. The number of Topliss-reactive ketones (excluding diaryl/α,β-unsaturated/α-hetero) is 1. The molecule has 0 aromatic rings. The Bertz CT molecular complexity index is 331. The summed E-state index contributed by atoms with van der Waals surface area (Å²) in [5, 5.41) is 13.5. The van der Waals surface area contributed by atoms with Gasteiger partial charge in [-0.1, -0.05) is 13.8 Å². The first-order valence-corrected chi connectivity index (χ1v) is 8.34. The summed E-state index contributed by atoms with van der Waals surface area (Å²) in [5.74, 6) is 0.566. The molecule has 0 radical (unpaired) electrons. The van der Waals surface area contributed by atoms with E-state index in [9.17, 15) is 9.90 Å². The minimum atomic E-state index is -0.200. The summed E-state index contributed by atoms with van der Waals surface area (Å²) in [7, 11) is 1.96. The minimum Gasteiger partial charge on any atom is -0.393 e. The molecule has 21 heavy (non-hydrogen) atoms. The van der Waals surface area contributed by atoms with Crippen molar-refractivity contribution in [1.29, 1.82) is 0 Å². The molecule has 4 atom stereocenters. The summed E-state index contributed by atoms with van der Waals surface area (Å²) < 4.78 is 0. The van der Waals surface area contributed by atoms with Crippen LogP contribution in [0.2, 0.25) is 0 Å². The van der Waals surface area contributed by atoms with Crippen molar-refractivity contribution in [2.45, 2.75) is 83.9 Å². The van der Waals surface area contributed by atoms with Gasteiger partial charge in [0.1, 0.15) is 5.78 Å². The Morgan fingerprint density at radius 3 is 2.67 bits per heavy atom. The van der Waals surface area contributed by atoms with Crippen LogP contribution in [0.25, 0.3) is 0 Å². The number of hydrogen-bond donors (Lipinski definition) is 3. The highest BCUT2D eigenvalue weighted by Gasteiger charge is 2.33. The topological polar surface area (TPSA) is 75.4 Å². The third-order valence-electron chi connectivity index (χ3n) is 4.85. The smallest absolute Gasteiger partial charge is 0.129 e. The number of nitrogens with one attached hydrogen (secondary N) is 1. The highest BCUT2D eigenvalue weighted by atomic mass is 16.3. The van der Waals surface area contributed by atoms with Gasteiger partial charge >= 0.3 is 0 Å². The van der Waals surface area contributed by atoms with E-state index in [1.54, 1.807) is 6.92 Å². The molecule has 0 aliphatic heterocycles. The third kappa shape index (κ3) is 6.90. The molecule has 0 spiro atoms. The molecule has 4 N–H and O–H groups in total. The molecule has 0 amide bonds. The zero-order valence-electron chi connectivity index (χ0n) is 14.2. The van der Waals surface area contributed by atoms with E-state index in [4.69, 9.17) is 5.73 Å². The molecule has 0 heterocycles. The zero-order valence-corrected chi connectivity index (χ0v) is 14.2. The Labute approximate surface area is 129 Å². The second kappa shape index (κ2) is 8.25. The van der Waals surface area contributed by atoms with Gasteiger partial charge in [0.2, 0.25) is 0 Å². The summed E-state index contributed by atoms with van der Waals surface area (Å²) >= 11 is 0. The van der Waals surface area contributed by atoms with Crippen molar-refractivity contribution in [1.82, 2.24) is 5.32 Å². The summed E-state index contributed by atoms with van der Waals surface area (Å²) in [6.45, 7) is 6.17. The number of ketones is 1. The van der Waals surface area contributed by atoms with E-state index < -0.39 is 0 Å². The number of hydrogen-bond acceptors (Lipinski definition) is 4. The number of carbonyl (C=O) groups excluding carboxylic acids is 1. The van der Waals surface area contributed by atoms with Crippen LogP contribution in [0.5, 0.6) is 0 Å². The van der Waals surface area contributed by atoms with Crippen molar-refractivity contribution in [2.75, 3.05) is 7.05 Å². The molecule has 1 fully saturated rings. The Morgan fingerprint density at radius 1 is 1.43 bits per heavy atom. The first kappa shape index (κ1) is 18.6. The Kier molecular flexibility index (Phi) is 7.31. The minimum absolute atomic E-state index is 0.146. The quantitative estimate of drug-likeness (QED) is 0.642. The van der Waals surface area contributed by atoms with E-state index in [0.717, 1.165) is 38.5 Å². The lowest BCUT2D eigenvalue weighted by atomic mass is 9.71. The van der Waals surface area contributed by atoms with Crippen molar-refractivity contribution >= 4 is 5.78 Å². The van der Waals surface area contributed by atoms with Gasteiger partial charge in [-0.3, -0.25) is 0 Å². The highest BCUT2D eigenvalue weighted by molar-refractivity contribution is 5.75. The standard InChI is InChI=1S/C17H34N2O2/c1-12(20)5-7-15(19-4)11-17(2,3)10-13-9-14(18)6-8-16(13)21/h13-16,19,21H,5-11,18H2,1-4H3. The molecule has 1 aliphatic rings. The van der Waals surface area contributed by atoms with Crippen molar-refractivity contribution < 1.29 is 9.90 Å². The van der Waals surface area contributed by atoms with Crippen LogP contribution in [0.15, 0.2) is 0 Å². The number of rotatable bonds is 8. The van der Waals surface area contributed by atoms with Crippen LogP contribution in [0.1, 0.15) is 65.7 Å². The van der Waals surface area contributed by atoms with E-state index >= 15 is 0 Å². The SMILES string of the molecule is CNC(CCC(C)=O)CC(C)(C)CC1CC(N)CCC1O. The summed E-state index contributed by atoms with van der Waals surface area (Å²) in [4.78, 5) is 11.2. The van der Waals surface area contributed by atoms with E-state index in [1.807, 2.05) is 7.05 Å². The molecule has 124 valence electrons. The van der Waals surface area contributed by atoms with Crippen LogP contribution in [0.3, 0.4) is 0 Å². The zero-order chi connectivity index (χ0) is 16.0. The van der Waals surface area contributed by atoms with Gasteiger partial charge in [0.15, 0.2) is 0 Å².